The van der Waals surface area contributed by atoms with Gasteiger partial charge in [-0.1, -0.05) is 0 Å². The summed E-state index contributed by atoms with van der Waals surface area (Å²) in [5.74, 6) is -3.64. The van der Waals surface area contributed by atoms with E-state index in [0.717, 1.165) is 18.5 Å². The Morgan fingerprint density at radius 3 is 2.24 bits per heavy atom. The number of amides is 1. The second-order valence-electron chi connectivity index (χ2n) is 8.92. The van der Waals surface area contributed by atoms with E-state index in [9.17, 15) is 48.3 Å². The maximum atomic E-state index is 14.6. The summed E-state index contributed by atoms with van der Waals surface area (Å²) in [6.07, 6.45) is -8.95. The molecule has 0 saturated carbocycles. The van der Waals surface area contributed by atoms with Gasteiger partial charge in [0.15, 0.2) is 0 Å². The summed E-state index contributed by atoms with van der Waals surface area (Å²) in [5, 5.41) is 2.16. The van der Waals surface area contributed by atoms with E-state index in [1.165, 1.54) is 6.92 Å². The van der Waals surface area contributed by atoms with Crippen molar-refractivity contribution in [1.82, 2.24) is 29.6 Å². The number of nitrogens with one attached hydrogen (secondary N) is 1. The lowest BCUT2D eigenvalue weighted by atomic mass is 10.1. The summed E-state index contributed by atoms with van der Waals surface area (Å²) in [6, 6.07) is -1.62. The smallest absolute Gasteiger partial charge is 0.351 e. The summed E-state index contributed by atoms with van der Waals surface area (Å²) < 4.78 is 134. The molecule has 220 valence electrons. The molecule has 4 heterocycles. The van der Waals surface area contributed by atoms with Gasteiger partial charge in [-0.05, 0) is 24.6 Å². The Kier molecular flexibility index (Phi) is 8.01. The molecule has 1 saturated heterocycles. The van der Waals surface area contributed by atoms with Crippen molar-refractivity contribution in [2.24, 2.45) is 0 Å². The number of halogens is 8. The van der Waals surface area contributed by atoms with E-state index in [-0.39, 0.29) is 11.3 Å². The number of hydrogen-bond donors (Lipinski definition) is 1. The Balaban J connectivity index is 1.62. The van der Waals surface area contributed by atoms with Crippen LogP contribution in [0.2, 0.25) is 0 Å². The van der Waals surface area contributed by atoms with E-state index < -0.39 is 87.2 Å². The molecule has 1 fully saturated rings. The highest BCUT2D eigenvalue weighted by Crippen LogP contribution is 2.35. The van der Waals surface area contributed by atoms with E-state index in [4.69, 9.17) is 0 Å². The minimum absolute atomic E-state index is 0.162. The Morgan fingerprint density at radius 1 is 1.00 bits per heavy atom. The van der Waals surface area contributed by atoms with E-state index in [1.54, 1.807) is 0 Å². The molecule has 1 aliphatic heterocycles. The third-order valence-electron chi connectivity index (χ3n) is 6.19. The first-order valence-corrected chi connectivity index (χ1v) is 13.0. The third-order valence-corrected chi connectivity index (χ3v) is 8.15. The molecule has 3 unspecified atom stereocenters. The highest BCUT2D eigenvalue weighted by atomic mass is 32.2. The number of carbonyl (C=O) groups is 1. The van der Waals surface area contributed by atoms with Crippen molar-refractivity contribution < 1.29 is 48.3 Å². The van der Waals surface area contributed by atoms with E-state index >= 15 is 0 Å². The summed E-state index contributed by atoms with van der Waals surface area (Å²) in [5.41, 5.74) is -2.29. The van der Waals surface area contributed by atoms with Crippen molar-refractivity contribution >= 4 is 15.9 Å². The quantitative estimate of drug-likeness (QED) is 0.421. The number of carbonyl (C=O) groups excluding carboxylic acids is 1. The van der Waals surface area contributed by atoms with Crippen molar-refractivity contribution in [3.05, 3.63) is 65.9 Å². The number of hydrogen-bond acceptors (Lipinski definition) is 7. The second-order valence-corrected chi connectivity index (χ2v) is 10.8. The van der Waals surface area contributed by atoms with E-state index in [0.29, 0.717) is 29.0 Å². The van der Waals surface area contributed by atoms with Crippen LogP contribution in [0.3, 0.4) is 0 Å². The zero-order valence-corrected chi connectivity index (χ0v) is 21.4. The van der Waals surface area contributed by atoms with Crippen LogP contribution < -0.4 is 5.32 Å². The van der Waals surface area contributed by atoms with Crippen LogP contribution in [0.15, 0.2) is 48.0 Å². The van der Waals surface area contributed by atoms with Gasteiger partial charge in [-0.2, -0.15) is 30.6 Å². The number of rotatable bonds is 6. The van der Waals surface area contributed by atoms with E-state index in [2.05, 4.69) is 25.3 Å². The summed E-state index contributed by atoms with van der Waals surface area (Å²) in [7, 11) is -4.66. The molecule has 1 amide bonds. The number of aromatic nitrogens is 4. The van der Waals surface area contributed by atoms with Gasteiger partial charge in [0.1, 0.15) is 22.9 Å². The Morgan fingerprint density at radius 2 is 1.66 bits per heavy atom. The largest absolute Gasteiger partial charge is 0.451 e. The first kappa shape index (κ1) is 30.2. The summed E-state index contributed by atoms with van der Waals surface area (Å²) >= 11 is 0. The van der Waals surface area contributed by atoms with Crippen LogP contribution in [0, 0.1) is 5.82 Å². The number of nitrogens with zero attached hydrogens (tertiary/aromatic N) is 5. The molecule has 1 aliphatic rings. The third kappa shape index (κ3) is 6.27. The minimum atomic E-state index is -4.96. The fraction of sp³-hybridized carbons (Fsp3) is 0.348. The van der Waals surface area contributed by atoms with Gasteiger partial charge in [0, 0.05) is 43.3 Å². The van der Waals surface area contributed by atoms with Crippen molar-refractivity contribution in [2.75, 3.05) is 0 Å². The van der Waals surface area contributed by atoms with Crippen LogP contribution in [0.4, 0.5) is 35.1 Å². The highest BCUT2D eigenvalue weighted by Gasteiger charge is 2.49. The fourth-order valence-corrected chi connectivity index (χ4v) is 5.97. The predicted molar refractivity (Wildman–Crippen MR) is 123 cm³/mol. The fourth-order valence-electron chi connectivity index (χ4n) is 4.18. The normalized spacial score (nSPS) is 20.3. The lowest BCUT2D eigenvalue weighted by Crippen LogP contribution is -2.48. The van der Waals surface area contributed by atoms with Gasteiger partial charge in [-0.3, -0.25) is 14.8 Å². The first-order valence-electron chi connectivity index (χ1n) is 11.5. The first-order chi connectivity index (χ1) is 19.0. The maximum absolute atomic E-state index is 14.6. The molecule has 18 heteroatoms. The van der Waals surface area contributed by atoms with Gasteiger partial charge >= 0.3 is 12.4 Å². The molecular formula is C23H18F8N6O3S. The maximum Gasteiger partial charge on any atom is 0.451 e. The van der Waals surface area contributed by atoms with Gasteiger partial charge < -0.3 is 5.32 Å². The summed E-state index contributed by atoms with van der Waals surface area (Å²) in [6.45, 7) is 0.327. The molecule has 3 aromatic heterocycles. The van der Waals surface area contributed by atoms with Gasteiger partial charge in [-0.25, -0.2) is 27.2 Å². The molecule has 9 nitrogen and oxygen atoms in total. The van der Waals surface area contributed by atoms with Gasteiger partial charge in [0.2, 0.25) is 21.8 Å². The Bertz CT molecular complexity index is 1550. The Labute approximate surface area is 226 Å². The highest BCUT2D eigenvalue weighted by molar-refractivity contribution is 7.89. The van der Waals surface area contributed by atoms with Crippen molar-refractivity contribution in [1.29, 1.82) is 0 Å². The second kappa shape index (κ2) is 10.9. The number of pyridine rings is 2. The number of alkyl halides is 7. The molecule has 0 aromatic carbocycles. The lowest BCUT2D eigenvalue weighted by Gasteiger charge is -2.27. The van der Waals surface area contributed by atoms with Gasteiger partial charge in [-0.15, -0.1) is 0 Å². The van der Waals surface area contributed by atoms with Crippen LogP contribution in [0.25, 0.3) is 11.3 Å². The van der Waals surface area contributed by atoms with E-state index in [1.807, 2.05) is 0 Å². The average molecular weight is 610 g/mol. The molecule has 0 spiro atoms. The number of sulfonamides is 1. The standard InChI is InChI=1S/C23H18F8N6O3S/c1-11-17(25)4-19(37(11)41(39,40)15-3-14(24)8-32-9-15)20(38)34-5-12-2-18(33-10-16(12)22(26,27)28)13-6-35-21(36-7-13)23(29,30)31/h2-3,6-11,17,19H,4-5H2,1H3,(H,34,38). The molecular weight excluding hydrogens is 592 g/mol. The van der Waals surface area contributed by atoms with Crippen LogP contribution in [-0.2, 0) is 33.7 Å². The summed E-state index contributed by atoms with van der Waals surface area (Å²) in [4.78, 5) is 25.7. The molecule has 0 aliphatic carbocycles. The molecule has 0 radical (unpaired) electrons. The lowest BCUT2D eigenvalue weighted by molar-refractivity contribution is -0.145. The van der Waals surface area contributed by atoms with Crippen molar-refractivity contribution in [3.63, 3.8) is 0 Å². The molecule has 41 heavy (non-hydrogen) atoms. The Hall–Kier alpha value is -3.80. The molecule has 3 aromatic rings. The van der Waals surface area contributed by atoms with Crippen molar-refractivity contribution in [2.45, 2.75) is 55.4 Å². The molecule has 4 rings (SSSR count). The van der Waals surface area contributed by atoms with Gasteiger partial charge in [0.05, 0.1) is 23.5 Å². The SMILES string of the molecule is CC1C(F)CC(C(=O)NCc2cc(-c3cnc(C(F)(F)F)nc3)ncc2C(F)(F)F)N1S(=O)(=O)c1cncc(F)c1. The average Bonchev–Trinajstić information content (AvgIpc) is 3.20. The van der Waals surface area contributed by atoms with Crippen LogP contribution >= 0.6 is 0 Å². The molecule has 0 bridgehead atoms. The van der Waals surface area contributed by atoms with Crippen LogP contribution in [0.5, 0.6) is 0 Å². The zero-order valence-electron chi connectivity index (χ0n) is 20.6. The van der Waals surface area contributed by atoms with Crippen LogP contribution in [0.1, 0.15) is 30.3 Å². The zero-order chi connectivity index (χ0) is 30.3. The van der Waals surface area contributed by atoms with Crippen molar-refractivity contribution in [3.8, 4) is 11.3 Å². The molecule has 3 atom stereocenters. The van der Waals surface area contributed by atoms with Crippen LogP contribution in [-0.4, -0.2) is 56.8 Å². The topological polar surface area (TPSA) is 118 Å². The minimum Gasteiger partial charge on any atom is -0.351 e. The molecule has 1 N–H and O–H groups in total. The predicted octanol–water partition coefficient (Wildman–Crippen LogP) is 3.92. The van der Waals surface area contributed by atoms with Gasteiger partial charge in [0.25, 0.3) is 0 Å². The monoisotopic (exact) mass is 610 g/mol.